The predicted octanol–water partition coefficient (Wildman–Crippen LogP) is 4.42. The summed E-state index contributed by atoms with van der Waals surface area (Å²) in [6.07, 6.45) is 1.32. The molecule has 174 valence electrons. The van der Waals surface area contributed by atoms with Crippen molar-refractivity contribution in [2.45, 2.75) is 25.8 Å². The topological polar surface area (TPSA) is 78.5 Å². The third kappa shape index (κ3) is 5.31. The fraction of sp³-hybridized carbons (Fsp3) is 0.222. The first kappa shape index (κ1) is 23.2. The average Bonchev–Trinajstić information content (AvgIpc) is 2.86. The van der Waals surface area contributed by atoms with Crippen molar-refractivity contribution >= 4 is 23.4 Å². The van der Waals surface area contributed by atoms with Gasteiger partial charge in [0.1, 0.15) is 5.82 Å². The molecule has 0 unspecified atom stereocenters. The molecule has 1 aliphatic heterocycles. The highest BCUT2D eigenvalue weighted by molar-refractivity contribution is 6.05. The second kappa shape index (κ2) is 10.3. The number of rotatable bonds is 5. The van der Waals surface area contributed by atoms with Gasteiger partial charge in [-0.15, -0.1) is 0 Å². The largest absolute Gasteiger partial charge is 0.349 e. The average molecular weight is 460 g/mol. The molecule has 2 N–H and O–H groups in total. The molecule has 4 rings (SSSR count). The predicted molar refractivity (Wildman–Crippen MR) is 128 cm³/mol. The van der Waals surface area contributed by atoms with Crippen molar-refractivity contribution in [3.63, 3.8) is 0 Å². The summed E-state index contributed by atoms with van der Waals surface area (Å²) in [4.78, 5) is 39.8. The van der Waals surface area contributed by atoms with Crippen molar-refractivity contribution in [3.05, 3.63) is 101 Å². The maximum Gasteiger partial charge on any atom is 0.258 e. The molecule has 7 heteroatoms. The van der Waals surface area contributed by atoms with E-state index in [0.29, 0.717) is 42.7 Å². The molecule has 0 bridgehead atoms. The van der Waals surface area contributed by atoms with E-state index < -0.39 is 11.7 Å². The van der Waals surface area contributed by atoms with Crippen LogP contribution in [0.25, 0.3) is 0 Å². The van der Waals surface area contributed by atoms with Crippen LogP contribution in [-0.4, -0.2) is 41.8 Å². The zero-order chi connectivity index (χ0) is 24.1. The Morgan fingerprint density at radius 3 is 2.24 bits per heavy atom. The molecule has 3 aromatic carbocycles. The number of aryl methyl sites for hydroxylation is 1. The van der Waals surface area contributed by atoms with E-state index in [2.05, 4.69) is 10.6 Å². The van der Waals surface area contributed by atoms with Crippen LogP contribution in [0.2, 0.25) is 0 Å². The molecule has 1 heterocycles. The standard InChI is InChI=1S/C27H26FN3O3/c1-18-11-12-20(17-24(18)30-26(33)22-9-5-6-10-23(22)28)25(32)29-21-13-15-31(16-14-21)27(34)19-7-3-2-4-8-19/h2-12,17,21H,13-16H2,1H3,(H,29,32)(H,30,33). The lowest BCUT2D eigenvalue weighted by atomic mass is 10.0. The van der Waals surface area contributed by atoms with Crippen molar-refractivity contribution in [2.24, 2.45) is 0 Å². The first-order valence-electron chi connectivity index (χ1n) is 11.2. The monoisotopic (exact) mass is 459 g/mol. The molecule has 0 aliphatic carbocycles. The van der Waals surface area contributed by atoms with Crippen LogP contribution in [0.15, 0.2) is 72.8 Å². The lowest BCUT2D eigenvalue weighted by molar-refractivity contribution is 0.0697. The number of anilines is 1. The first-order chi connectivity index (χ1) is 16.4. The van der Waals surface area contributed by atoms with E-state index in [1.54, 1.807) is 48.2 Å². The molecular weight excluding hydrogens is 433 g/mol. The van der Waals surface area contributed by atoms with Crippen LogP contribution in [0, 0.1) is 12.7 Å². The van der Waals surface area contributed by atoms with Gasteiger partial charge in [0.25, 0.3) is 17.7 Å². The molecule has 3 amide bonds. The Bertz CT molecular complexity index is 1200. The minimum atomic E-state index is -0.608. The molecule has 1 fully saturated rings. The van der Waals surface area contributed by atoms with E-state index in [4.69, 9.17) is 0 Å². The summed E-state index contributed by atoms with van der Waals surface area (Å²) in [5.41, 5.74) is 2.21. The van der Waals surface area contributed by atoms with Gasteiger partial charge in [0.15, 0.2) is 0 Å². The highest BCUT2D eigenvalue weighted by Crippen LogP contribution is 2.20. The van der Waals surface area contributed by atoms with E-state index in [0.717, 1.165) is 5.56 Å². The molecular formula is C27H26FN3O3. The van der Waals surface area contributed by atoms with Crippen LogP contribution in [-0.2, 0) is 0 Å². The zero-order valence-electron chi connectivity index (χ0n) is 18.9. The zero-order valence-corrected chi connectivity index (χ0v) is 18.9. The normalized spacial score (nSPS) is 13.9. The number of nitrogens with one attached hydrogen (secondary N) is 2. The molecule has 3 aromatic rings. The van der Waals surface area contributed by atoms with E-state index in [9.17, 15) is 18.8 Å². The molecule has 0 radical (unpaired) electrons. The van der Waals surface area contributed by atoms with Gasteiger partial charge in [-0.25, -0.2) is 4.39 Å². The highest BCUT2D eigenvalue weighted by Gasteiger charge is 2.25. The number of benzene rings is 3. The van der Waals surface area contributed by atoms with E-state index in [1.807, 2.05) is 18.2 Å². The second-order valence-electron chi connectivity index (χ2n) is 8.37. The smallest absolute Gasteiger partial charge is 0.258 e. The highest BCUT2D eigenvalue weighted by atomic mass is 19.1. The van der Waals surface area contributed by atoms with E-state index in [-0.39, 0.29) is 23.4 Å². The number of nitrogens with zero attached hydrogens (tertiary/aromatic N) is 1. The van der Waals surface area contributed by atoms with Crippen LogP contribution in [0.4, 0.5) is 10.1 Å². The van der Waals surface area contributed by atoms with Crippen molar-refractivity contribution in [3.8, 4) is 0 Å². The minimum absolute atomic E-state index is 0.000790. The summed E-state index contributed by atoms with van der Waals surface area (Å²) in [6.45, 7) is 2.94. The number of carbonyl (C=O) groups excluding carboxylic acids is 3. The summed E-state index contributed by atoms with van der Waals surface area (Å²) in [7, 11) is 0. The van der Waals surface area contributed by atoms with Crippen molar-refractivity contribution < 1.29 is 18.8 Å². The van der Waals surface area contributed by atoms with Crippen LogP contribution in [0.3, 0.4) is 0 Å². The minimum Gasteiger partial charge on any atom is -0.349 e. The number of likely N-dealkylation sites (tertiary alicyclic amines) is 1. The third-order valence-electron chi connectivity index (χ3n) is 6.00. The number of hydrogen-bond donors (Lipinski definition) is 2. The Kier molecular flexibility index (Phi) is 7.01. The van der Waals surface area contributed by atoms with Gasteiger partial charge in [0, 0.05) is 35.9 Å². The van der Waals surface area contributed by atoms with Crippen LogP contribution in [0.5, 0.6) is 0 Å². The number of hydrogen-bond acceptors (Lipinski definition) is 3. The Balaban J connectivity index is 1.36. The number of piperidine rings is 1. The Labute approximate surface area is 197 Å². The number of halogens is 1. The fourth-order valence-corrected chi connectivity index (χ4v) is 3.99. The summed E-state index contributed by atoms with van der Waals surface area (Å²) in [5, 5.41) is 5.72. The lowest BCUT2D eigenvalue weighted by Gasteiger charge is -2.32. The summed E-state index contributed by atoms with van der Waals surface area (Å²) in [5.74, 6) is -1.44. The Morgan fingerprint density at radius 1 is 0.853 bits per heavy atom. The van der Waals surface area contributed by atoms with Gasteiger partial charge in [-0.1, -0.05) is 36.4 Å². The van der Waals surface area contributed by atoms with Crippen LogP contribution >= 0.6 is 0 Å². The molecule has 0 saturated carbocycles. The lowest BCUT2D eigenvalue weighted by Crippen LogP contribution is -2.46. The summed E-state index contributed by atoms with van der Waals surface area (Å²) < 4.78 is 13.9. The van der Waals surface area contributed by atoms with E-state index in [1.165, 1.54) is 18.2 Å². The maximum absolute atomic E-state index is 13.9. The molecule has 1 saturated heterocycles. The SMILES string of the molecule is Cc1ccc(C(=O)NC2CCN(C(=O)c3ccccc3)CC2)cc1NC(=O)c1ccccc1F. The van der Waals surface area contributed by atoms with Gasteiger partial charge >= 0.3 is 0 Å². The van der Waals surface area contributed by atoms with Crippen molar-refractivity contribution in [1.82, 2.24) is 10.2 Å². The van der Waals surface area contributed by atoms with Crippen LogP contribution < -0.4 is 10.6 Å². The van der Waals surface area contributed by atoms with Gasteiger partial charge in [-0.3, -0.25) is 14.4 Å². The quantitative estimate of drug-likeness (QED) is 0.593. The molecule has 0 aromatic heterocycles. The molecule has 0 spiro atoms. The van der Waals surface area contributed by atoms with Gasteiger partial charge in [-0.05, 0) is 61.7 Å². The third-order valence-corrected chi connectivity index (χ3v) is 6.00. The Hall–Kier alpha value is -4.00. The molecule has 0 atom stereocenters. The van der Waals surface area contributed by atoms with Gasteiger partial charge < -0.3 is 15.5 Å². The second-order valence-corrected chi connectivity index (χ2v) is 8.37. The van der Waals surface area contributed by atoms with Gasteiger partial charge in [0.2, 0.25) is 0 Å². The van der Waals surface area contributed by atoms with Crippen molar-refractivity contribution in [1.29, 1.82) is 0 Å². The van der Waals surface area contributed by atoms with E-state index >= 15 is 0 Å². The van der Waals surface area contributed by atoms with Crippen LogP contribution in [0.1, 0.15) is 49.5 Å². The van der Waals surface area contributed by atoms with Gasteiger partial charge in [0.05, 0.1) is 5.56 Å². The fourth-order valence-electron chi connectivity index (χ4n) is 3.99. The van der Waals surface area contributed by atoms with Gasteiger partial charge in [-0.2, -0.15) is 0 Å². The van der Waals surface area contributed by atoms with Crippen molar-refractivity contribution in [2.75, 3.05) is 18.4 Å². The number of amides is 3. The Morgan fingerprint density at radius 2 is 1.53 bits per heavy atom. The maximum atomic E-state index is 13.9. The summed E-state index contributed by atoms with van der Waals surface area (Å²) >= 11 is 0. The first-order valence-corrected chi connectivity index (χ1v) is 11.2. The molecule has 34 heavy (non-hydrogen) atoms. The number of carbonyl (C=O) groups is 3. The molecule has 1 aliphatic rings. The summed E-state index contributed by atoms with van der Waals surface area (Å²) in [6, 6.07) is 19.9. The molecule has 6 nitrogen and oxygen atoms in total.